The molecule has 3 aliphatic rings. The van der Waals surface area contributed by atoms with Gasteiger partial charge >= 0.3 is 0 Å². The number of pyridine rings is 1. The molecule has 2 aromatic heterocycles. The molecule has 3 aliphatic heterocycles. The third-order valence-electron chi connectivity index (χ3n) is 4.58. The van der Waals surface area contributed by atoms with Crippen LogP contribution in [0, 0.1) is 11.0 Å². The summed E-state index contributed by atoms with van der Waals surface area (Å²) in [6, 6.07) is 3.35. The average Bonchev–Trinajstić information content (AvgIpc) is 2.87. The predicted octanol–water partition coefficient (Wildman–Crippen LogP) is 2.26. The summed E-state index contributed by atoms with van der Waals surface area (Å²) in [7, 11) is 0. The van der Waals surface area contributed by atoms with Gasteiger partial charge in [0.05, 0.1) is 0 Å². The summed E-state index contributed by atoms with van der Waals surface area (Å²) in [6.07, 6.45) is 3.89. The first kappa shape index (κ1) is 13.2. The number of nitrogens with zero attached hydrogens (tertiary/aromatic N) is 2. The van der Waals surface area contributed by atoms with Crippen LogP contribution in [0.2, 0.25) is 0 Å². The third-order valence-corrected chi connectivity index (χ3v) is 5.46. The lowest BCUT2D eigenvalue weighted by molar-refractivity contribution is 0.0618. The van der Waals surface area contributed by atoms with Gasteiger partial charge in [-0.05, 0) is 44.0 Å². The molecular formula is C15H16FN3OS. The van der Waals surface area contributed by atoms with Gasteiger partial charge in [-0.15, -0.1) is 11.3 Å². The highest BCUT2D eigenvalue weighted by atomic mass is 32.1. The van der Waals surface area contributed by atoms with E-state index < -0.39 is 0 Å². The first-order chi connectivity index (χ1) is 10.2. The van der Waals surface area contributed by atoms with E-state index in [9.17, 15) is 9.18 Å². The number of amides is 1. The molecule has 4 nitrogen and oxygen atoms in total. The molecule has 1 N–H and O–H groups in total. The highest BCUT2D eigenvalue weighted by Gasteiger charge is 2.35. The van der Waals surface area contributed by atoms with Gasteiger partial charge in [-0.25, -0.2) is 0 Å². The number of hydrogen-bond donors (Lipinski definition) is 1. The van der Waals surface area contributed by atoms with Crippen molar-refractivity contribution in [3.8, 4) is 0 Å². The molecular weight excluding hydrogens is 289 g/mol. The van der Waals surface area contributed by atoms with Crippen molar-refractivity contribution in [3.63, 3.8) is 0 Å². The topological polar surface area (TPSA) is 45.2 Å². The number of halogens is 1. The van der Waals surface area contributed by atoms with Crippen molar-refractivity contribution >= 4 is 27.3 Å². The van der Waals surface area contributed by atoms with Gasteiger partial charge < -0.3 is 10.2 Å². The van der Waals surface area contributed by atoms with E-state index in [2.05, 4.69) is 15.2 Å². The van der Waals surface area contributed by atoms with E-state index in [1.165, 1.54) is 6.07 Å². The van der Waals surface area contributed by atoms with Crippen molar-refractivity contribution in [2.75, 3.05) is 19.6 Å². The summed E-state index contributed by atoms with van der Waals surface area (Å²) in [5, 5.41) is 3.60. The predicted molar refractivity (Wildman–Crippen MR) is 80.0 cm³/mol. The van der Waals surface area contributed by atoms with Crippen molar-refractivity contribution in [1.82, 2.24) is 15.2 Å². The van der Waals surface area contributed by atoms with Crippen LogP contribution in [0.4, 0.5) is 4.39 Å². The first-order valence-corrected chi connectivity index (χ1v) is 8.09. The molecule has 1 atom stereocenters. The minimum atomic E-state index is -0.248. The second kappa shape index (κ2) is 5.03. The Morgan fingerprint density at radius 3 is 2.90 bits per heavy atom. The quantitative estimate of drug-likeness (QED) is 0.925. The number of fused-ring (bicyclic) bond motifs is 4. The molecule has 0 spiro atoms. The maximum absolute atomic E-state index is 13.2. The van der Waals surface area contributed by atoms with Crippen LogP contribution in [0.5, 0.6) is 0 Å². The highest BCUT2D eigenvalue weighted by molar-refractivity contribution is 7.17. The monoisotopic (exact) mass is 305 g/mol. The number of aromatic nitrogens is 1. The molecule has 3 saturated heterocycles. The smallest absolute Gasteiger partial charge is 0.270 e. The summed E-state index contributed by atoms with van der Waals surface area (Å²) >= 11 is 1.05. The van der Waals surface area contributed by atoms with Gasteiger partial charge in [0.15, 0.2) is 5.13 Å². The zero-order chi connectivity index (χ0) is 14.4. The van der Waals surface area contributed by atoms with Gasteiger partial charge in [0, 0.05) is 28.9 Å². The molecule has 110 valence electrons. The van der Waals surface area contributed by atoms with Gasteiger partial charge in [-0.3, -0.25) is 9.78 Å². The zero-order valence-electron chi connectivity index (χ0n) is 11.5. The molecule has 3 fully saturated rings. The number of piperidine rings is 3. The van der Waals surface area contributed by atoms with Crippen LogP contribution in [0.3, 0.4) is 0 Å². The maximum Gasteiger partial charge on any atom is 0.270 e. The summed E-state index contributed by atoms with van der Waals surface area (Å²) in [5.41, 5.74) is 0.376. The molecule has 0 aliphatic carbocycles. The number of carbonyl (C=O) groups excluding carboxylic acids is 1. The molecule has 5 heterocycles. The number of thiophene rings is 1. The Bertz CT molecular complexity index is 693. The van der Waals surface area contributed by atoms with E-state index in [1.807, 2.05) is 0 Å². The van der Waals surface area contributed by atoms with Crippen LogP contribution in [0.25, 0.3) is 10.1 Å². The molecule has 0 radical (unpaired) electrons. The lowest BCUT2D eigenvalue weighted by atomic mass is 9.84. The van der Waals surface area contributed by atoms with Crippen LogP contribution >= 0.6 is 11.3 Å². The average molecular weight is 305 g/mol. The Kier molecular flexibility index (Phi) is 3.15. The van der Waals surface area contributed by atoms with Gasteiger partial charge in [-0.2, -0.15) is 4.39 Å². The molecule has 2 bridgehead atoms. The van der Waals surface area contributed by atoms with Gasteiger partial charge in [0.2, 0.25) is 0 Å². The van der Waals surface area contributed by atoms with E-state index >= 15 is 0 Å². The molecule has 5 rings (SSSR count). The second-order valence-electron chi connectivity index (χ2n) is 5.88. The molecule has 1 amide bonds. The number of rotatable bonds is 2. The van der Waals surface area contributed by atoms with E-state index in [-0.39, 0.29) is 17.1 Å². The summed E-state index contributed by atoms with van der Waals surface area (Å²) < 4.78 is 14.0. The van der Waals surface area contributed by atoms with Crippen molar-refractivity contribution < 1.29 is 9.18 Å². The molecule has 2 aromatic rings. The minimum Gasteiger partial charge on any atom is -0.346 e. The molecule has 6 heteroatoms. The Balaban J connectivity index is 1.53. The van der Waals surface area contributed by atoms with Crippen LogP contribution in [-0.4, -0.2) is 41.5 Å². The van der Waals surface area contributed by atoms with Crippen LogP contribution < -0.4 is 5.32 Å². The van der Waals surface area contributed by atoms with Crippen molar-refractivity contribution in [3.05, 3.63) is 29.2 Å². The Hall–Kier alpha value is -1.53. The second-order valence-corrected chi connectivity index (χ2v) is 6.91. The Labute approximate surface area is 126 Å². The van der Waals surface area contributed by atoms with Gasteiger partial charge in [0.1, 0.15) is 5.69 Å². The fourth-order valence-corrected chi connectivity index (χ4v) is 4.19. The number of carbonyl (C=O) groups is 1. The lowest BCUT2D eigenvalue weighted by Gasteiger charge is -2.44. The van der Waals surface area contributed by atoms with Gasteiger partial charge in [-0.1, -0.05) is 0 Å². The largest absolute Gasteiger partial charge is 0.346 e. The van der Waals surface area contributed by atoms with Gasteiger partial charge in [0.25, 0.3) is 5.91 Å². The van der Waals surface area contributed by atoms with Crippen LogP contribution in [0.15, 0.2) is 18.3 Å². The van der Waals surface area contributed by atoms with Crippen LogP contribution in [0.1, 0.15) is 23.3 Å². The van der Waals surface area contributed by atoms with E-state index in [0.717, 1.165) is 53.9 Å². The number of hydrogen-bond acceptors (Lipinski definition) is 4. The molecule has 0 saturated carbocycles. The SMILES string of the molecule is O=C(NC1CN2CCC1CC2)c1cc2sc(F)cc2cn1. The first-order valence-electron chi connectivity index (χ1n) is 7.27. The van der Waals surface area contributed by atoms with E-state index in [1.54, 1.807) is 12.3 Å². The Morgan fingerprint density at radius 1 is 1.38 bits per heavy atom. The zero-order valence-corrected chi connectivity index (χ0v) is 12.3. The lowest BCUT2D eigenvalue weighted by Crippen LogP contribution is -2.57. The van der Waals surface area contributed by atoms with Crippen LogP contribution in [-0.2, 0) is 0 Å². The number of nitrogens with one attached hydrogen (secondary N) is 1. The fraction of sp³-hybridized carbons (Fsp3) is 0.467. The minimum absolute atomic E-state index is 0.149. The van der Waals surface area contributed by atoms with Crippen molar-refractivity contribution in [2.45, 2.75) is 18.9 Å². The normalized spacial score (nSPS) is 28.0. The Morgan fingerprint density at radius 2 is 2.19 bits per heavy atom. The summed E-state index contributed by atoms with van der Waals surface area (Å²) in [4.78, 5) is 18.9. The highest BCUT2D eigenvalue weighted by Crippen LogP contribution is 2.28. The molecule has 0 aromatic carbocycles. The van der Waals surface area contributed by atoms with E-state index in [0.29, 0.717) is 11.6 Å². The van der Waals surface area contributed by atoms with Crippen molar-refractivity contribution in [2.24, 2.45) is 5.92 Å². The molecule has 1 unspecified atom stereocenters. The fourth-order valence-electron chi connectivity index (χ4n) is 3.40. The maximum atomic E-state index is 13.2. The summed E-state index contributed by atoms with van der Waals surface area (Å²) in [5.74, 6) is 0.436. The van der Waals surface area contributed by atoms with E-state index in [4.69, 9.17) is 0 Å². The standard InChI is InChI=1S/C15H16FN3OS/c16-14-5-10-7-17-11(6-13(10)21-14)15(20)18-12-8-19-3-1-9(12)2-4-19/h5-7,9,12H,1-4,8H2,(H,18,20). The summed E-state index contributed by atoms with van der Waals surface area (Å²) in [6.45, 7) is 3.23. The molecule has 21 heavy (non-hydrogen) atoms. The van der Waals surface area contributed by atoms with Crippen molar-refractivity contribution in [1.29, 1.82) is 0 Å². The third kappa shape index (κ3) is 2.42.